The number of hydrogen-bond donors (Lipinski definition) is 2. The second-order valence-corrected chi connectivity index (χ2v) is 18.2. The Balaban J connectivity index is 0.000000220. The SMILES string of the molecule is CCC(=O)c1c(-c2ccc(F)cc2F)oc2cc(N)c(Br)cc12.CCC(=O)c1c(-c2ccc(F)cc2F)oc2cc(NS(C)(=O)=O)c(Br)cc12.CS(=O)(=O)Cl. The lowest BCUT2D eigenvalue weighted by Crippen LogP contribution is -2.09. The lowest BCUT2D eigenvalue weighted by atomic mass is 10.00. The van der Waals surface area contributed by atoms with Gasteiger partial charge < -0.3 is 14.6 Å². The number of nitrogens with one attached hydrogen (secondary N) is 1. The quantitative estimate of drug-likeness (QED) is 0.0653. The molecule has 0 saturated heterocycles. The number of ketones is 2. The molecule has 0 saturated carbocycles. The van der Waals surface area contributed by atoms with Crippen LogP contribution in [0, 0.1) is 23.3 Å². The highest BCUT2D eigenvalue weighted by atomic mass is 79.9. The van der Waals surface area contributed by atoms with Crippen molar-refractivity contribution in [1.29, 1.82) is 0 Å². The Kier molecular flexibility index (Phi) is 13.7. The Labute approximate surface area is 333 Å². The summed E-state index contributed by atoms with van der Waals surface area (Å²) in [6.07, 6.45) is 2.30. The van der Waals surface area contributed by atoms with Crippen molar-refractivity contribution in [3.63, 3.8) is 0 Å². The molecule has 0 spiro atoms. The molecule has 0 amide bonds. The minimum atomic E-state index is -3.55. The summed E-state index contributed by atoms with van der Waals surface area (Å²) in [6.45, 7) is 3.36. The van der Waals surface area contributed by atoms with E-state index in [0.29, 0.717) is 37.1 Å². The smallest absolute Gasteiger partial charge is 0.229 e. The first-order valence-electron chi connectivity index (χ1n) is 15.6. The average molecular weight is 953 g/mol. The molecule has 2 heterocycles. The topological polar surface area (TPSA) is 167 Å². The van der Waals surface area contributed by atoms with Gasteiger partial charge in [0.25, 0.3) is 0 Å². The van der Waals surface area contributed by atoms with Gasteiger partial charge in [0, 0.05) is 73.2 Å². The summed E-state index contributed by atoms with van der Waals surface area (Å²) in [5.74, 6) is -3.54. The zero-order valence-corrected chi connectivity index (χ0v) is 34.6. The van der Waals surface area contributed by atoms with Gasteiger partial charge >= 0.3 is 0 Å². The lowest BCUT2D eigenvalue weighted by molar-refractivity contribution is 0.0981. The van der Waals surface area contributed by atoms with Crippen LogP contribution < -0.4 is 10.5 Å². The van der Waals surface area contributed by atoms with Crippen molar-refractivity contribution in [3.8, 4) is 22.6 Å². The van der Waals surface area contributed by atoms with Gasteiger partial charge in [-0.25, -0.2) is 34.4 Å². The van der Waals surface area contributed by atoms with E-state index in [-0.39, 0.29) is 69.5 Å². The molecule has 3 N–H and O–H groups in total. The molecule has 6 aromatic rings. The number of rotatable bonds is 8. The lowest BCUT2D eigenvalue weighted by Gasteiger charge is -2.06. The summed E-state index contributed by atoms with van der Waals surface area (Å²) >= 11 is 6.57. The molecule has 0 radical (unpaired) electrons. The fourth-order valence-corrected chi connectivity index (χ4v) is 6.65. The minimum absolute atomic E-state index is 0.0299. The second kappa shape index (κ2) is 17.3. The predicted molar refractivity (Wildman–Crippen MR) is 211 cm³/mol. The van der Waals surface area contributed by atoms with Crippen LogP contribution in [0.1, 0.15) is 47.4 Å². The van der Waals surface area contributed by atoms with Gasteiger partial charge in [-0.2, -0.15) is 0 Å². The Morgan fingerprint density at radius 1 is 0.709 bits per heavy atom. The number of anilines is 2. The van der Waals surface area contributed by atoms with Crippen LogP contribution in [0.3, 0.4) is 0 Å². The molecule has 292 valence electrons. The van der Waals surface area contributed by atoms with Gasteiger partial charge in [0.2, 0.25) is 19.1 Å². The number of carbonyl (C=O) groups is 2. The van der Waals surface area contributed by atoms with Crippen molar-refractivity contribution < 1.29 is 52.8 Å². The molecule has 0 aliphatic rings. The first-order valence-corrected chi connectivity index (χ1v) is 21.8. The standard InChI is InChI=1S/C18H14BrF2NO4S.C17H12BrF2NO2.CH3ClO2S/c1-3-15(23)17-11-7-12(19)14(22-27(2,24)25)8-16(11)26-18(17)10-5-4-9(20)6-13(10)21;1-2-14(22)16-10-6-11(18)13(21)7-15(10)23-17(16)9-4-3-8(19)5-12(9)20;1-5(2,3)4/h4-8,22H,3H2,1-2H3;3-7H,2,21H2,1H3;1H3. The molecule has 6 rings (SSSR count). The molecule has 55 heavy (non-hydrogen) atoms. The second-order valence-electron chi connectivity index (χ2n) is 11.7. The van der Waals surface area contributed by atoms with E-state index >= 15 is 0 Å². The Bertz CT molecular complexity index is 2700. The van der Waals surface area contributed by atoms with Gasteiger partial charge in [0.1, 0.15) is 46.0 Å². The Hall–Kier alpha value is -4.23. The monoisotopic (exact) mass is 950 g/mol. The first kappa shape index (κ1) is 43.5. The fraction of sp³-hybridized carbons (Fsp3) is 0.167. The Morgan fingerprint density at radius 3 is 1.49 bits per heavy atom. The van der Waals surface area contributed by atoms with Crippen LogP contribution in [0.4, 0.5) is 28.9 Å². The highest BCUT2D eigenvalue weighted by Gasteiger charge is 2.26. The maximum Gasteiger partial charge on any atom is 0.229 e. The first-order chi connectivity index (χ1) is 25.5. The summed E-state index contributed by atoms with van der Waals surface area (Å²) in [7, 11) is -2.24. The van der Waals surface area contributed by atoms with Crippen LogP contribution in [0.5, 0.6) is 0 Å². The molecule has 0 aliphatic heterocycles. The van der Waals surface area contributed by atoms with Crippen LogP contribution in [-0.2, 0) is 19.1 Å². The number of sulfonamides is 1. The zero-order valence-electron chi connectivity index (χ0n) is 29.0. The number of hydrogen-bond acceptors (Lipinski definition) is 9. The van der Waals surface area contributed by atoms with Crippen LogP contribution in [0.2, 0.25) is 0 Å². The van der Waals surface area contributed by atoms with E-state index in [4.69, 9.17) is 14.6 Å². The molecule has 0 fully saturated rings. The van der Waals surface area contributed by atoms with Crippen molar-refractivity contribution in [2.24, 2.45) is 0 Å². The van der Waals surface area contributed by atoms with E-state index in [0.717, 1.165) is 30.7 Å². The maximum absolute atomic E-state index is 14.3. The van der Waals surface area contributed by atoms with Crippen LogP contribution in [0.25, 0.3) is 44.6 Å². The van der Waals surface area contributed by atoms with Gasteiger partial charge in [0.15, 0.2) is 11.6 Å². The molecule has 10 nitrogen and oxygen atoms in total. The molecule has 0 bridgehead atoms. The molecule has 0 aliphatic carbocycles. The van der Waals surface area contributed by atoms with Crippen molar-refractivity contribution in [2.45, 2.75) is 26.7 Å². The zero-order chi connectivity index (χ0) is 41.2. The molecular formula is C36H29Br2ClF4N2O8S2. The molecular weight excluding hydrogens is 924 g/mol. The molecule has 19 heteroatoms. The van der Waals surface area contributed by atoms with Gasteiger partial charge in [-0.3, -0.25) is 14.3 Å². The third kappa shape index (κ3) is 10.8. The number of benzene rings is 4. The number of furan rings is 2. The summed E-state index contributed by atoms with van der Waals surface area (Å²) in [6, 6.07) is 12.3. The summed E-state index contributed by atoms with van der Waals surface area (Å²) < 4.78 is 111. The maximum atomic E-state index is 14.3. The molecule has 0 atom stereocenters. The summed E-state index contributed by atoms with van der Waals surface area (Å²) in [4.78, 5) is 24.9. The largest absolute Gasteiger partial charge is 0.455 e. The van der Waals surface area contributed by atoms with E-state index in [9.17, 15) is 44.0 Å². The predicted octanol–water partition coefficient (Wildman–Crippen LogP) is 10.6. The van der Waals surface area contributed by atoms with Crippen LogP contribution >= 0.6 is 42.5 Å². The Morgan fingerprint density at radius 2 is 1.11 bits per heavy atom. The van der Waals surface area contributed by atoms with E-state index in [1.165, 1.54) is 24.3 Å². The minimum Gasteiger partial charge on any atom is -0.455 e. The van der Waals surface area contributed by atoms with E-state index < -0.39 is 42.3 Å². The molecule has 4 aromatic carbocycles. The normalized spacial score (nSPS) is 11.5. The number of nitrogens with two attached hydrogens (primary N) is 1. The third-order valence-electron chi connectivity index (χ3n) is 7.43. The van der Waals surface area contributed by atoms with Crippen molar-refractivity contribution in [3.05, 3.63) is 104 Å². The van der Waals surface area contributed by atoms with Gasteiger partial charge in [0.05, 0.1) is 40.5 Å². The van der Waals surface area contributed by atoms with Crippen LogP contribution in [-0.4, -0.2) is 40.9 Å². The van der Waals surface area contributed by atoms with Gasteiger partial charge in [-0.05, 0) is 68.3 Å². The summed E-state index contributed by atoms with van der Waals surface area (Å²) in [5.41, 5.74) is 7.45. The number of Topliss-reactive ketones (excluding diaryl/α,β-unsaturated/α-hetero) is 2. The van der Waals surface area contributed by atoms with Crippen molar-refractivity contribution in [2.75, 3.05) is 23.0 Å². The van der Waals surface area contributed by atoms with Crippen molar-refractivity contribution >= 4 is 106 Å². The summed E-state index contributed by atoms with van der Waals surface area (Å²) in [5, 5.41) is 0.933. The number of fused-ring (bicyclic) bond motifs is 2. The van der Waals surface area contributed by atoms with Gasteiger partial charge in [-0.1, -0.05) is 13.8 Å². The van der Waals surface area contributed by atoms with E-state index in [1.54, 1.807) is 26.0 Å². The molecule has 0 unspecified atom stereocenters. The fourth-order valence-electron chi connectivity index (χ4n) is 5.16. The highest BCUT2D eigenvalue weighted by molar-refractivity contribution is 9.11. The van der Waals surface area contributed by atoms with Gasteiger partial charge in [-0.15, -0.1) is 0 Å². The van der Waals surface area contributed by atoms with E-state index in [2.05, 4.69) is 47.3 Å². The number of nitrogen functional groups attached to an aromatic ring is 1. The number of halogens is 7. The third-order valence-corrected chi connectivity index (χ3v) is 9.37. The van der Waals surface area contributed by atoms with Crippen LogP contribution in [0.15, 0.2) is 78.4 Å². The average Bonchev–Trinajstić information content (AvgIpc) is 3.60. The molecule has 2 aromatic heterocycles. The number of carbonyl (C=O) groups excluding carboxylic acids is 2. The van der Waals surface area contributed by atoms with Crippen molar-refractivity contribution in [1.82, 2.24) is 0 Å². The van der Waals surface area contributed by atoms with E-state index in [1.807, 2.05) is 0 Å². The highest BCUT2D eigenvalue weighted by Crippen LogP contribution is 2.41.